The van der Waals surface area contributed by atoms with Gasteiger partial charge in [0.2, 0.25) is 0 Å². The molecule has 0 aliphatic heterocycles. The minimum atomic E-state index is 0.390. The van der Waals surface area contributed by atoms with Gasteiger partial charge >= 0.3 is 0 Å². The van der Waals surface area contributed by atoms with E-state index in [0.29, 0.717) is 23.3 Å². The number of halogens is 2. The van der Waals surface area contributed by atoms with Crippen LogP contribution in [-0.2, 0) is 13.2 Å². The fourth-order valence-corrected chi connectivity index (χ4v) is 5.87. The molecule has 0 heterocycles. The van der Waals surface area contributed by atoms with Crippen LogP contribution >= 0.6 is 39.3 Å². The van der Waals surface area contributed by atoms with E-state index in [9.17, 15) is 0 Å². The van der Waals surface area contributed by atoms with Crippen LogP contribution in [-0.4, -0.2) is 0 Å². The molecule has 0 aliphatic rings. The first-order valence-corrected chi connectivity index (χ1v) is 16.8. The van der Waals surface area contributed by atoms with Gasteiger partial charge in [-0.2, -0.15) is 0 Å². The van der Waals surface area contributed by atoms with E-state index >= 15 is 0 Å². The SMILES string of the molecule is CCC(Br)c1cccc(OCc2ccccc2)c1.CCC(Sc1ccc(Cl)cc1)c1cccc(OCc2ccccc2)c1. The maximum atomic E-state index is 5.98. The van der Waals surface area contributed by atoms with Gasteiger partial charge in [0.15, 0.2) is 0 Å². The third kappa shape index (κ3) is 11.1. The second-order valence-electron chi connectivity index (χ2n) is 10.0. The predicted octanol–water partition coefficient (Wildman–Crippen LogP) is 12.3. The smallest absolute Gasteiger partial charge is 0.120 e. The summed E-state index contributed by atoms with van der Waals surface area (Å²) in [5.74, 6) is 1.84. The van der Waals surface area contributed by atoms with Crippen molar-refractivity contribution >= 4 is 39.3 Å². The van der Waals surface area contributed by atoms with Gasteiger partial charge in [-0.3, -0.25) is 0 Å². The molecule has 0 saturated carbocycles. The van der Waals surface area contributed by atoms with Crippen molar-refractivity contribution in [3.05, 3.63) is 161 Å². The number of hydrogen-bond acceptors (Lipinski definition) is 3. The lowest BCUT2D eigenvalue weighted by Gasteiger charge is -2.16. The molecule has 43 heavy (non-hydrogen) atoms. The molecule has 5 rings (SSSR count). The van der Waals surface area contributed by atoms with E-state index in [1.165, 1.54) is 27.1 Å². The fraction of sp³-hybridized carbons (Fsp3) is 0.211. The molecule has 0 radical (unpaired) electrons. The molecule has 0 fully saturated rings. The van der Waals surface area contributed by atoms with Crippen LogP contribution in [0, 0.1) is 0 Å². The van der Waals surface area contributed by atoms with E-state index in [1.54, 1.807) is 0 Å². The van der Waals surface area contributed by atoms with E-state index in [2.05, 4.69) is 96.5 Å². The van der Waals surface area contributed by atoms with Crippen LogP contribution < -0.4 is 9.47 Å². The Morgan fingerprint density at radius 2 is 1.12 bits per heavy atom. The molecule has 0 amide bonds. The van der Waals surface area contributed by atoms with Gasteiger partial charge in [0.25, 0.3) is 0 Å². The zero-order valence-electron chi connectivity index (χ0n) is 24.7. The van der Waals surface area contributed by atoms with Crippen molar-refractivity contribution < 1.29 is 9.47 Å². The minimum absolute atomic E-state index is 0.390. The van der Waals surface area contributed by atoms with Crippen molar-refractivity contribution in [2.24, 2.45) is 0 Å². The first-order valence-electron chi connectivity index (χ1n) is 14.6. The molecule has 0 spiro atoms. The normalized spacial score (nSPS) is 12.0. The Morgan fingerprint density at radius 3 is 1.63 bits per heavy atom. The number of alkyl halides is 1. The predicted molar refractivity (Wildman–Crippen MR) is 187 cm³/mol. The minimum Gasteiger partial charge on any atom is -0.489 e. The highest BCUT2D eigenvalue weighted by Gasteiger charge is 2.12. The molecule has 5 aromatic carbocycles. The third-order valence-corrected chi connectivity index (χ3v) is 9.63. The standard InChI is InChI=1S/C22H21ClOS.C16H17BrO/c1-2-22(25-21-13-11-19(23)12-14-21)18-9-6-10-20(15-18)24-16-17-7-4-3-5-8-17;1-2-16(17)14-9-6-10-15(11-14)18-12-13-7-4-3-5-8-13/h3-15,22H,2,16H2,1H3;3-11,16H,2,12H2,1H3. The van der Waals surface area contributed by atoms with E-state index in [0.717, 1.165) is 29.4 Å². The number of benzene rings is 5. The first kappa shape index (κ1) is 32.7. The highest BCUT2D eigenvalue weighted by atomic mass is 79.9. The fourth-order valence-electron chi connectivity index (χ4n) is 4.39. The Morgan fingerprint density at radius 1 is 0.605 bits per heavy atom. The van der Waals surface area contributed by atoms with E-state index in [1.807, 2.05) is 78.5 Å². The van der Waals surface area contributed by atoms with Crippen LogP contribution in [0.15, 0.2) is 138 Å². The highest BCUT2D eigenvalue weighted by molar-refractivity contribution is 9.09. The second-order valence-corrected chi connectivity index (χ2v) is 12.9. The van der Waals surface area contributed by atoms with Crippen LogP contribution in [0.5, 0.6) is 11.5 Å². The molecule has 0 N–H and O–H groups in total. The average Bonchev–Trinajstić information content (AvgIpc) is 3.07. The molecule has 0 saturated heterocycles. The van der Waals surface area contributed by atoms with Crippen LogP contribution in [0.2, 0.25) is 5.02 Å². The molecule has 5 heteroatoms. The van der Waals surface area contributed by atoms with Crippen molar-refractivity contribution in [2.45, 2.75) is 54.9 Å². The van der Waals surface area contributed by atoms with Crippen molar-refractivity contribution in [1.29, 1.82) is 0 Å². The van der Waals surface area contributed by atoms with Gasteiger partial charge in [0, 0.05) is 20.0 Å². The zero-order valence-corrected chi connectivity index (χ0v) is 27.8. The molecule has 2 unspecified atom stereocenters. The molecule has 0 aromatic heterocycles. The lowest BCUT2D eigenvalue weighted by molar-refractivity contribution is 0.306. The maximum Gasteiger partial charge on any atom is 0.120 e. The highest BCUT2D eigenvalue weighted by Crippen LogP contribution is 2.39. The average molecular weight is 674 g/mol. The van der Waals surface area contributed by atoms with Gasteiger partial charge in [-0.1, -0.05) is 126 Å². The van der Waals surface area contributed by atoms with Gasteiger partial charge in [0.05, 0.1) is 0 Å². The van der Waals surface area contributed by atoms with Gasteiger partial charge in [-0.05, 0) is 83.6 Å². The third-order valence-electron chi connectivity index (χ3n) is 6.77. The number of thioether (sulfide) groups is 1. The first-order chi connectivity index (χ1) is 21.0. The van der Waals surface area contributed by atoms with Gasteiger partial charge in [0.1, 0.15) is 24.7 Å². The summed E-state index contributed by atoms with van der Waals surface area (Å²) in [6, 6.07) is 45.2. The number of hydrogen-bond donors (Lipinski definition) is 0. The topological polar surface area (TPSA) is 18.5 Å². The summed E-state index contributed by atoms with van der Waals surface area (Å²) >= 11 is 11.5. The lowest BCUT2D eigenvalue weighted by atomic mass is 10.1. The van der Waals surface area contributed by atoms with Gasteiger partial charge in [-0.15, -0.1) is 11.8 Å². The van der Waals surface area contributed by atoms with Crippen LogP contribution in [0.25, 0.3) is 0 Å². The quantitative estimate of drug-likeness (QED) is 0.0970. The Labute approximate surface area is 274 Å². The Bertz CT molecular complexity index is 1500. The van der Waals surface area contributed by atoms with Crippen molar-refractivity contribution in [3.63, 3.8) is 0 Å². The van der Waals surface area contributed by atoms with Crippen molar-refractivity contribution in [2.75, 3.05) is 0 Å². The van der Waals surface area contributed by atoms with Crippen LogP contribution in [0.1, 0.15) is 59.0 Å². The largest absolute Gasteiger partial charge is 0.489 e. The number of rotatable bonds is 12. The summed E-state index contributed by atoms with van der Waals surface area (Å²) in [6.45, 7) is 5.58. The molecular weight excluding hydrogens is 636 g/mol. The van der Waals surface area contributed by atoms with Crippen molar-refractivity contribution in [3.8, 4) is 11.5 Å². The molecule has 5 aromatic rings. The monoisotopic (exact) mass is 672 g/mol. The second kappa shape index (κ2) is 17.8. The van der Waals surface area contributed by atoms with Gasteiger partial charge in [-0.25, -0.2) is 0 Å². The summed E-state index contributed by atoms with van der Waals surface area (Å²) in [6.07, 6.45) is 2.12. The molecular formula is C38H38BrClO2S. The van der Waals surface area contributed by atoms with Crippen LogP contribution in [0.3, 0.4) is 0 Å². The molecule has 0 bridgehead atoms. The number of ether oxygens (including phenoxy) is 2. The summed E-state index contributed by atoms with van der Waals surface area (Å²) in [4.78, 5) is 1.63. The Hall–Kier alpha value is -3.18. The van der Waals surface area contributed by atoms with E-state index < -0.39 is 0 Å². The maximum absolute atomic E-state index is 5.98. The molecule has 222 valence electrons. The molecule has 0 aliphatic carbocycles. The Balaban J connectivity index is 0.000000208. The lowest BCUT2D eigenvalue weighted by Crippen LogP contribution is -1.97. The summed E-state index contributed by atoms with van der Waals surface area (Å²) in [5, 5.41) is 1.16. The van der Waals surface area contributed by atoms with E-state index in [-0.39, 0.29) is 0 Å². The van der Waals surface area contributed by atoms with Gasteiger partial charge < -0.3 is 9.47 Å². The molecule has 2 atom stereocenters. The molecule has 2 nitrogen and oxygen atoms in total. The summed E-state index contributed by atoms with van der Waals surface area (Å²) in [5.41, 5.74) is 4.92. The summed E-state index contributed by atoms with van der Waals surface area (Å²) < 4.78 is 11.8. The van der Waals surface area contributed by atoms with Crippen molar-refractivity contribution in [1.82, 2.24) is 0 Å². The zero-order chi connectivity index (χ0) is 30.3. The summed E-state index contributed by atoms with van der Waals surface area (Å²) in [7, 11) is 0. The van der Waals surface area contributed by atoms with Crippen LogP contribution in [0.4, 0.5) is 0 Å². The van der Waals surface area contributed by atoms with E-state index in [4.69, 9.17) is 21.1 Å². The Kier molecular flexibility index (Phi) is 13.6.